The number of hydrogen-bond donors (Lipinski definition) is 0. The molecule has 0 N–H and O–H groups in total. The molecule has 31 heavy (non-hydrogen) atoms. The zero-order chi connectivity index (χ0) is 21.6. The van der Waals surface area contributed by atoms with Gasteiger partial charge in [-0.1, -0.05) is 42.5 Å². The minimum absolute atomic E-state index is 0.0649. The van der Waals surface area contributed by atoms with Crippen molar-refractivity contribution in [2.24, 2.45) is 0 Å². The second kappa shape index (κ2) is 9.60. The highest BCUT2D eigenvalue weighted by Gasteiger charge is 2.21. The van der Waals surface area contributed by atoms with Gasteiger partial charge in [0.05, 0.1) is 6.42 Å². The molecule has 0 saturated carbocycles. The van der Waals surface area contributed by atoms with Crippen molar-refractivity contribution in [3.63, 3.8) is 0 Å². The summed E-state index contributed by atoms with van der Waals surface area (Å²) in [5, 5.41) is 0. The molecule has 0 bridgehead atoms. The maximum Gasteiger partial charge on any atom is 0.275 e. The Balaban J connectivity index is 1.36. The van der Waals surface area contributed by atoms with Crippen LogP contribution in [0.25, 0.3) is 11.5 Å². The Labute approximate surface area is 182 Å². The van der Waals surface area contributed by atoms with E-state index in [1.54, 1.807) is 4.90 Å². The van der Waals surface area contributed by atoms with Gasteiger partial charge < -0.3 is 14.2 Å². The first kappa shape index (κ1) is 20.8. The highest BCUT2D eigenvalue weighted by molar-refractivity contribution is 5.92. The number of oxazole rings is 1. The Kier molecular flexibility index (Phi) is 6.46. The minimum atomic E-state index is -0.0649. The minimum Gasteiger partial charge on any atom is -0.444 e. The molecule has 2 heterocycles. The molecule has 0 unspecified atom stereocenters. The molecule has 1 saturated heterocycles. The van der Waals surface area contributed by atoms with E-state index in [0.717, 1.165) is 42.6 Å². The van der Waals surface area contributed by atoms with Crippen molar-refractivity contribution in [3.8, 4) is 11.5 Å². The average molecular weight is 418 g/mol. The Hall–Kier alpha value is -3.41. The highest BCUT2D eigenvalue weighted by atomic mass is 16.3. The van der Waals surface area contributed by atoms with E-state index >= 15 is 0 Å². The summed E-state index contributed by atoms with van der Waals surface area (Å²) in [5.41, 5.74) is 3.18. The van der Waals surface area contributed by atoms with Crippen LogP contribution < -0.4 is 0 Å². The van der Waals surface area contributed by atoms with Crippen LogP contribution in [0.3, 0.4) is 0 Å². The average Bonchev–Trinajstić information content (AvgIpc) is 3.30. The normalized spacial score (nSPS) is 13.8. The zero-order valence-electron chi connectivity index (χ0n) is 17.8. The van der Waals surface area contributed by atoms with Gasteiger partial charge in [0, 0.05) is 32.2 Å². The molecular formula is C25H27N3O3. The van der Waals surface area contributed by atoms with E-state index in [1.165, 1.54) is 12.7 Å². The Morgan fingerprint density at radius 2 is 1.68 bits per heavy atom. The zero-order valence-corrected chi connectivity index (χ0v) is 17.8. The highest BCUT2D eigenvalue weighted by Crippen LogP contribution is 2.21. The van der Waals surface area contributed by atoms with Gasteiger partial charge in [-0.3, -0.25) is 9.59 Å². The number of benzene rings is 2. The molecule has 6 nitrogen and oxygen atoms in total. The van der Waals surface area contributed by atoms with E-state index in [1.807, 2.05) is 66.5 Å². The molecule has 1 aromatic heterocycles. The third-order valence-electron chi connectivity index (χ3n) is 5.61. The number of carbonyl (C=O) groups is 2. The molecule has 2 aromatic carbocycles. The fraction of sp³-hybridized carbons (Fsp3) is 0.320. The predicted molar refractivity (Wildman–Crippen MR) is 118 cm³/mol. The first-order chi connectivity index (χ1) is 15.1. The lowest BCUT2D eigenvalue weighted by molar-refractivity contribution is -0.129. The maximum atomic E-state index is 12.6. The lowest BCUT2D eigenvalue weighted by Crippen LogP contribution is -2.35. The molecule has 0 spiro atoms. The molecular weight excluding hydrogens is 390 g/mol. The van der Waals surface area contributed by atoms with Crippen molar-refractivity contribution in [2.45, 2.75) is 32.2 Å². The molecule has 1 fully saturated rings. The first-order valence-corrected chi connectivity index (χ1v) is 10.7. The number of amides is 2. The molecule has 6 heteroatoms. The fourth-order valence-corrected chi connectivity index (χ4v) is 3.78. The summed E-state index contributed by atoms with van der Waals surface area (Å²) in [4.78, 5) is 33.0. The number of aromatic nitrogens is 1. The van der Waals surface area contributed by atoms with Gasteiger partial charge in [0.1, 0.15) is 6.26 Å². The third-order valence-corrected chi connectivity index (χ3v) is 5.61. The molecule has 0 atom stereocenters. The van der Waals surface area contributed by atoms with Crippen molar-refractivity contribution in [2.75, 3.05) is 20.1 Å². The molecule has 160 valence electrons. The Morgan fingerprint density at radius 3 is 2.39 bits per heavy atom. The van der Waals surface area contributed by atoms with Crippen molar-refractivity contribution in [1.82, 2.24) is 14.8 Å². The van der Waals surface area contributed by atoms with E-state index in [9.17, 15) is 9.59 Å². The van der Waals surface area contributed by atoms with E-state index < -0.39 is 0 Å². The van der Waals surface area contributed by atoms with Gasteiger partial charge in [-0.25, -0.2) is 4.98 Å². The summed E-state index contributed by atoms with van der Waals surface area (Å²) in [6.45, 7) is 2.09. The van der Waals surface area contributed by atoms with E-state index in [-0.39, 0.29) is 11.8 Å². The Morgan fingerprint density at radius 1 is 0.968 bits per heavy atom. The standard InChI is InChI=1S/C25H27N3O3/c1-27(23(29)16-19-8-4-2-5-9-19)17-20-10-12-21(13-11-20)24-26-22(18-31-24)25(30)28-14-6-3-7-15-28/h2,4-5,8-13,18H,3,6-7,14-17H2,1H3. The number of hydrogen-bond acceptors (Lipinski definition) is 4. The maximum absolute atomic E-state index is 12.6. The van der Waals surface area contributed by atoms with Gasteiger partial charge in [-0.15, -0.1) is 0 Å². The first-order valence-electron chi connectivity index (χ1n) is 10.7. The van der Waals surface area contributed by atoms with Gasteiger partial charge in [-0.05, 0) is 42.5 Å². The largest absolute Gasteiger partial charge is 0.444 e. The molecule has 3 aromatic rings. The van der Waals surface area contributed by atoms with Crippen LogP contribution in [-0.4, -0.2) is 46.7 Å². The van der Waals surface area contributed by atoms with E-state index in [4.69, 9.17) is 4.42 Å². The van der Waals surface area contributed by atoms with Gasteiger partial charge in [-0.2, -0.15) is 0 Å². The van der Waals surface area contributed by atoms with Crippen LogP contribution in [-0.2, 0) is 17.8 Å². The quantitative estimate of drug-likeness (QED) is 0.604. The number of nitrogens with zero attached hydrogens (tertiary/aromatic N) is 3. The van der Waals surface area contributed by atoms with Gasteiger partial charge in [0.25, 0.3) is 5.91 Å². The second-order valence-corrected chi connectivity index (χ2v) is 8.00. The summed E-state index contributed by atoms with van der Waals surface area (Å²) in [5.74, 6) is 0.439. The van der Waals surface area contributed by atoms with Crippen molar-refractivity contribution >= 4 is 11.8 Å². The van der Waals surface area contributed by atoms with Crippen LogP contribution in [0, 0.1) is 0 Å². The van der Waals surface area contributed by atoms with Crippen LogP contribution in [0.1, 0.15) is 40.9 Å². The summed E-state index contributed by atoms with van der Waals surface area (Å²) in [6, 6.07) is 17.5. The van der Waals surface area contributed by atoms with Crippen LogP contribution in [0.5, 0.6) is 0 Å². The SMILES string of the molecule is CN(Cc1ccc(-c2nc(C(=O)N3CCCCC3)co2)cc1)C(=O)Cc1ccccc1. The molecule has 0 radical (unpaired) electrons. The van der Waals surface area contributed by atoms with Gasteiger partial charge >= 0.3 is 0 Å². The molecule has 0 aliphatic carbocycles. The molecule has 1 aliphatic rings. The van der Waals surface area contributed by atoms with Crippen LogP contribution in [0.15, 0.2) is 65.3 Å². The summed E-state index contributed by atoms with van der Waals surface area (Å²) in [6.07, 6.45) is 5.09. The van der Waals surface area contributed by atoms with Crippen molar-refractivity contribution < 1.29 is 14.0 Å². The monoisotopic (exact) mass is 417 g/mol. The molecule has 4 rings (SSSR count). The van der Waals surface area contributed by atoms with Crippen LogP contribution in [0.2, 0.25) is 0 Å². The van der Waals surface area contributed by atoms with Crippen molar-refractivity contribution in [1.29, 1.82) is 0 Å². The smallest absolute Gasteiger partial charge is 0.275 e. The number of likely N-dealkylation sites (N-methyl/N-ethyl adjacent to an activating group) is 1. The van der Waals surface area contributed by atoms with Gasteiger partial charge in [0.15, 0.2) is 5.69 Å². The number of likely N-dealkylation sites (tertiary alicyclic amines) is 1. The summed E-state index contributed by atoms with van der Waals surface area (Å²) < 4.78 is 5.57. The van der Waals surface area contributed by atoms with E-state index in [0.29, 0.717) is 24.6 Å². The molecule has 2 amide bonds. The number of piperidine rings is 1. The summed E-state index contributed by atoms with van der Waals surface area (Å²) in [7, 11) is 1.81. The summed E-state index contributed by atoms with van der Waals surface area (Å²) >= 11 is 0. The predicted octanol–water partition coefficient (Wildman–Crippen LogP) is 4.17. The molecule has 1 aliphatic heterocycles. The van der Waals surface area contributed by atoms with Crippen LogP contribution >= 0.6 is 0 Å². The second-order valence-electron chi connectivity index (χ2n) is 8.00. The third kappa shape index (κ3) is 5.20. The topological polar surface area (TPSA) is 66.7 Å². The number of carbonyl (C=O) groups excluding carboxylic acids is 2. The van der Waals surface area contributed by atoms with E-state index in [2.05, 4.69) is 4.98 Å². The lowest BCUT2D eigenvalue weighted by atomic mass is 10.1. The fourth-order valence-electron chi connectivity index (χ4n) is 3.78. The van der Waals surface area contributed by atoms with Crippen LogP contribution in [0.4, 0.5) is 0 Å². The van der Waals surface area contributed by atoms with Crippen molar-refractivity contribution in [3.05, 3.63) is 77.7 Å². The number of rotatable bonds is 6. The lowest BCUT2D eigenvalue weighted by Gasteiger charge is -2.25. The Bertz CT molecular complexity index is 1020. The van der Waals surface area contributed by atoms with Gasteiger partial charge in [0.2, 0.25) is 11.8 Å².